The number of ether oxygens (including phenoxy) is 2. The van der Waals surface area contributed by atoms with Gasteiger partial charge < -0.3 is 9.47 Å². The van der Waals surface area contributed by atoms with E-state index in [4.69, 9.17) is 28.1 Å². The number of benzene rings is 2. The van der Waals surface area contributed by atoms with Crippen LogP contribution < -0.4 is 14.4 Å². The van der Waals surface area contributed by atoms with Gasteiger partial charge in [-0.25, -0.2) is 0 Å². The summed E-state index contributed by atoms with van der Waals surface area (Å²) in [5.41, 5.74) is 2.61. The maximum absolute atomic E-state index is 12.9. The molecule has 0 spiro atoms. The number of halogens is 1. The van der Waals surface area contributed by atoms with Crippen molar-refractivity contribution < 1.29 is 14.3 Å². The normalized spacial score (nSPS) is 15.1. The van der Waals surface area contributed by atoms with E-state index >= 15 is 0 Å². The number of aryl methyl sites for hydroxylation is 1. The van der Waals surface area contributed by atoms with Crippen LogP contribution >= 0.6 is 39.9 Å². The van der Waals surface area contributed by atoms with E-state index in [1.807, 2.05) is 37.3 Å². The van der Waals surface area contributed by atoms with Crippen molar-refractivity contribution in [3.05, 3.63) is 56.9 Å². The molecule has 2 aromatic carbocycles. The third-order valence-corrected chi connectivity index (χ3v) is 5.79. The highest BCUT2D eigenvalue weighted by Crippen LogP contribution is 2.40. The maximum atomic E-state index is 12.9. The van der Waals surface area contributed by atoms with E-state index in [0.717, 1.165) is 16.8 Å². The Morgan fingerprint density at radius 1 is 1.36 bits per heavy atom. The molecule has 0 aromatic heterocycles. The van der Waals surface area contributed by atoms with E-state index in [0.29, 0.717) is 25.2 Å². The summed E-state index contributed by atoms with van der Waals surface area (Å²) in [6.07, 6.45) is 7.04. The van der Waals surface area contributed by atoms with Crippen LogP contribution in [0.3, 0.4) is 0 Å². The Hall–Kier alpha value is -2.27. The van der Waals surface area contributed by atoms with Crippen LogP contribution in [0.15, 0.2) is 45.8 Å². The van der Waals surface area contributed by atoms with Crippen molar-refractivity contribution >= 4 is 61.9 Å². The number of carbonyl (C=O) groups is 1. The van der Waals surface area contributed by atoms with Gasteiger partial charge in [0.25, 0.3) is 5.91 Å². The zero-order valence-electron chi connectivity index (χ0n) is 15.2. The summed E-state index contributed by atoms with van der Waals surface area (Å²) < 4.78 is 12.1. The van der Waals surface area contributed by atoms with Crippen molar-refractivity contribution in [1.29, 1.82) is 0 Å². The number of thiocarbonyl (C=S) groups is 1. The van der Waals surface area contributed by atoms with Gasteiger partial charge in [0, 0.05) is 0 Å². The summed E-state index contributed by atoms with van der Waals surface area (Å²) in [4.78, 5) is 15.0. The third-order valence-electron chi connectivity index (χ3n) is 3.90. The lowest BCUT2D eigenvalue weighted by Gasteiger charge is -2.15. The van der Waals surface area contributed by atoms with Gasteiger partial charge in [0.05, 0.1) is 22.2 Å². The molecule has 0 bridgehead atoms. The molecule has 1 amide bonds. The molecule has 3 rings (SSSR count). The van der Waals surface area contributed by atoms with Crippen LogP contribution in [0.4, 0.5) is 5.69 Å². The highest BCUT2D eigenvalue weighted by atomic mass is 79.9. The Balaban J connectivity index is 1.94. The Bertz CT molecular complexity index is 1030. The van der Waals surface area contributed by atoms with E-state index < -0.39 is 0 Å². The minimum Gasteiger partial charge on any atom is -0.493 e. The standard InChI is InChI=1S/C21H16BrNO3S2/c1-4-8-26-19-16(22)10-14(11-17(19)25-3)12-18-20(24)23(21(27)28-18)15-7-5-6-13(2)9-15/h1,5-7,9-12H,8H2,2-3H3/b18-12+. The lowest BCUT2D eigenvalue weighted by Crippen LogP contribution is -2.27. The first-order chi connectivity index (χ1) is 13.4. The molecule has 1 saturated heterocycles. The zero-order chi connectivity index (χ0) is 20.3. The molecule has 142 valence electrons. The van der Waals surface area contributed by atoms with Crippen molar-refractivity contribution in [2.24, 2.45) is 0 Å². The van der Waals surface area contributed by atoms with E-state index in [2.05, 4.69) is 21.9 Å². The Kier molecular flexibility index (Phi) is 6.45. The molecule has 7 heteroatoms. The van der Waals surface area contributed by atoms with E-state index in [9.17, 15) is 4.79 Å². The second-order valence-corrected chi connectivity index (χ2v) is 8.41. The topological polar surface area (TPSA) is 38.8 Å². The predicted molar refractivity (Wildman–Crippen MR) is 122 cm³/mol. The Labute approximate surface area is 182 Å². The molecule has 1 fully saturated rings. The van der Waals surface area contributed by atoms with Gasteiger partial charge in [0.1, 0.15) is 6.61 Å². The van der Waals surface area contributed by atoms with Gasteiger partial charge in [-0.2, -0.15) is 0 Å². The van der Waals surface area contributed by atoms with Crippen LogP contribution in [0.1, 0.15) is 11.1 Å². The molecule has 0 unspecified atom stereocenters. The minimum absolute atomic E-state index is 0.128. The van der Waals surface area contributed by atoms with Crippen LogP contribution in [0, 0.1) is 19.3 Å². The Morgan fingerprint density at radius 2 is 2.14 bits per heavy atom. The number of terminal acetylenes is 1. The summed E-state index contributed by atoms with van der Waals surface area (Å²) in [6, 6.07) is 11.3. The monoisotopic (exact) mass is 473 g/mol. The molecule has 0 radical (unpaired) electrons. The summed E-state index contributed by atoms with van der Waals surface area (Å²) in [6.45, 7) is 2.11. The molecule has 2 aromatic rings. The number of hydrogen-bond donors (Lipinski definition) is 0. The number of amides is 1. The lowest BCUT2D eigenvalue weighted by molar-refractivity contribution is -0.113. The molecule has 0 atom stereocenters. The summed E-state index contributed by atoms with van der Waals surface area (Å²) in [5.74, 6) is 3.31. The smallest absolute Gasteiger partial charge is 0.270 e. The van der Waals surface area contributed by atoms with Crippen molar-refractivity contribution in [2.75, 3.05) is 18.6 Å². The molecule has 4 nitrogen and oxygen atoms in total. The van der Waals surface area contributed by atoms with E-state index in [1.54, 1.807) is 24.2 Å². The van der Waals surface area contributed by atoms with Crippen molar-refractivity contribution in [1.82, 2.24) is 0 Å². The van der Waals surface area contributed by atoms with E-state index in [1.165, 1.54) is 11.8 Å². The first-order valence-corrected chi connectivity index (χ1v) is 10.2. The highest BCUT2D eigenvalue weighted by molar-refractivity contribution is 9.10. The SMILES string of the molecule is C#CCOc1c(Br)cc(/C=C2/SC(=S)N(c3cccc(C)c3)C2=O)cc1OC. The maximum Gasteiger partial charge on any atom is 0.270 e. The van der Waals surface area contributed by atoms with Crippen molar-refractivity contribution in [3.63, 3.8) is 0 Å². The van der Waals surface area contributed by atoms with E-state index in [-0.39, 0.29) is 12.5 Å². The zero-order valence-corrected chi connectivity index (χ0v) is 18.4. The number of methoxy groups -OCH3 is 1. The van der Waals surface area contributed by atoms with Crippen LogP contribution in [0.5, 0.6) is 11.5 Å². The highest BCUT2D eigenvalue weighted by Gasteiger charge is 2.33. The van der Waals surface area contributed by atoms with Gasteiger partial charge >= 0.3 is 0 Å². The molecule has 28 heavy (non-hydrogen) atoms. The fraction of sp³-hybridized carbons (Fsp3) is 0.143. The molecule has 1 aliphatic rings. The van der Waals surface area contributed by atoms with Crippen LogP contribution in [-0.4, -0.2) is 23.9 Å². The average Bonchev–Trinajstić information content (AvgIpc) is 2.93. The number of anilines is 1. The number of rotatable bonds is 5. The lowest BCUT2D eigenvalue weighted by atomic mass is 10.1. The van der Waals surface area contributed by atoms with Crippen LogP contribution in [-0.2, 0) is 4.79 Å². The first-order valence-electron chi connectivity index (χ1n) is 8.23. The second-order valence-electron chi connectivity index (χ2n) is 5.88. The quantitative estimate of drug-likeness (QED) is 0.339. The fourth-order valence-electron chi connectivity index (χ4n) is 2.69. The first kappa shape index (κ1) is 20.5. The van der Waals surface area contributed by atoms with Gasteiger partial charge in [0.2, 0.25) is 0 Å². The minimum atomic E-state index is -0.150. The van der Waals surface area contributed by atoms with Gasteiger partial charge in [-0.15, -0.1) is 6.42 Å². The summed E-state index contributed by atoms with van der Waals surface area (Å²) >= 11 is 10.2. The van der Waals surface area contributed by atoms with Gasteiger partial charge in [-0.1, -0.05) is 42.0 Å². The third kappa shape index (κ3) is 4.25. The Morgan fingerprint density at radius 3 is 2.82 bits per heavy atom. The number of nitrogens with zero attached hydrogens (tertiary/aromatic N) is 1. The second kappa shape index (κ2) is 8.82. The molecule has 0 N–H and O–H groups in total. The van der Waals surface area contributed by atoms with Gasteiger partial charge in [0.15, 0.2) is 15.8 Å². The molecular weight excluding hydrogens is 458 g/mol. The molecule has 1 aliphatic heterocycles. The molecule has 0 saturated carbocycles. The van der Waals surface area contributed by atoms with Crippen LogP contribution in [0.2, 0.25) is 0 Å². The summed E-state index contributed by atoms with van der Waals surface area (Å²) in [5, 5.41) is 0. The number of thioether (sulfide) groups is 1. The predicted octanol–water partition coefficient (Wildman–Crippen LogP) is 5.18. The summed E-state index contributed by atoms with van der Waals surface area (Å²) in [7, 11) is 1.55. The molecule has 1 heterocycles. The van der Waals surface area contributed by atoms with Gasteiger partial charge in [-0.05, 0) is 64.3 Å². The molecule has 0 aliphatic carbocycles. The molecular formula is C21H16BrNO3S2. The fourth-order valence-corrected chi connectivity index (χ4v) is 4.56. The van der Waals surface area contributed by atoms with Crippen molar-refractivity contribution in [2.45, 2.75) is 6.92 Å². The van der Waals surface area contributed by atoms with Crippen LogP contribution in [0.25, 0.3) is 6.08 Å². The van der Waals surface area contributed by atoms with Gasteiger partial charge in [-0.3, -0.25) is 9.69 Å². The average molecular weight is 474 g/mol. The number of carbonyl (C=O) groups excluding carboxylic acids is 1. The van der Waals surface area contributed by atoms with Crippen molar-refractivity contribution in [3.8, 4) is 23.8 Å². The largest absolute Gasteiger partial charge is 0.493 e. The number of hydrogen-bond acceptors (Lipinski definition) is 5.